The van der Waals surface area contributed by atoms with Crippen molar-refractivity contribution in [3.05, 3.63) is 58.1 Å². The third kappa shape index (κ3) is 6.63. The maximum absolute atomic E-state index is 13.7. The molecule has 0 saturated heterocycles. The van der Waals surface area contributed by atoms with E-state index in [1.807, 2.05) is 4.72 Å². The second kappa shape index (κ2) is 9.10. The molecule has 0 bridgehead atoms. The molecule has 0 radical (unpaired) electrons. The van der Waals surface area contributed by atoms with Crippen molar-refractivity contribution in [1.29, 1.82) is 0 Å². The molecule has 15 heteroatoms. The lowest BCUT2D eigenvalue weighted by molar-refractivity contribution is -0.388. The van der Waals surface area contributed by atoms with E-state index in [1.165, 1.54) is 0 Å². The van der Waals surface area contributed by atoms with Gasteiger partial charge >= 0.3 is 18.0 Å². The van der Waals surface area contributed by atoms with E-state index < -0.39 is 56.3 Å². The van der Waals surface area contributed by atoms with Gasteiger partial charge < -0.3 is 9.47 Å². The van der Waals surface area contributed by atoms with Crippen LogP contribution < -0.4 is 14.2 Å². The fourth-order valence-corrected chi connectivity index (χ4v) is 2.86. The van der Waals surface area contributed by atoms with Gasteiger partial charge in [-0.05, 0) is 5.56 Å². The first-order valence-electron chi connectivity index (χ1n) is 8.34. The summed E-state index contributed by atoms with van der Waals surface area (Å²) in [5.41, 5.74) is -1.44. The first-order chi connectivity index (χ1) is 14.6. The van der Waals surface area contributed by atoms with Crippen molar-refractivity contribution in [2.75, 3.05) is 11.0 Å². The van der Waals surface area contributed by atoms with Gasteiger partial charge in [0.2, 0.25) is 15.8 Å². The molecule has 1 N–H and O–H groups in total. The van der Waals surface area contributed by atoms with Crippen LogP contribution in [0.2, 0.25) is 0 Å². The molecule has 1 unspecified atom stereocenters. The Bertz CT molecular complexity index is 1080. The zero-order valence-electron chi connectivity index (χ0n) is 15.9. The third-order valence-corrected chi connectivity index (χ3v) is 4.21. The number of hydrogen-bond acceptors (Lipinski definition) is 6. The molecule has 0 aliphatic heterocycles. The van der Waals surface area contributed by atoms with Gasteiger partial charge in [0.15, 0.2) is 5.75 Å². The highest BCUT2D eigenvalue weighted by Gasteiger charge is 2.59. The summed E-state index contributed by atoms with van der Waals surface area (Å²) in [6.07, 6.45) is -15.8. The first kappa shape index (κ1) is 25.0. The Labute approximate surface area is 176 Å². The quantitative estimate of drug-likeness (QED) is 0.318. The molecular weight excluding hydrogens is 474 g/mol. The second-order valence-electron chi connectivity index (χ2n) is 6.29. The van der Waals surface area contributed by atoms with Crippen molar-refractivity contribution in [1.82, 2.24) is 0 Å². The predicted molar refractivity (Wildman–Crippen MR) is 98.9 cm³/mol. The SMILES string of the molecule is CS(=O)(=O)Nc1cc(OC(F)(F)C(F)C(F)(F)F)c([N+](=O)[O-])cc1OCc1ccccc1. The van der Waals surface area contributed by atoms with Crippen molar-refractivity contribution in [3.63, 3.8) is 0 Å². The van der Waals surface area contributed by atoms with E-state index in [2.05, 4.69) is 4.74 Å². The minimum atomic E-state index is -6.04. The minimum Gasteiger partial charge on any atom is -0.486 e. The number of anilines is 1. The van der Waals surface area contributed by atoms with Gasteiger partial charge in [-0.1, -0.05) is 30.3 Å². The van der Waals surface area contributed by atoms with Gasteiger partial charge in [0.1, 0.15) is 6.61 Å². The number of alkyl halides is 6. The predicted octanol–water partition coefficient (Wildman–Crippen LogP) is 4.42. The van der Waals surface area contributed by atoms with Crippen LogP contribution in [0, 0.1) is 10.1 Å². The lowest BCUT2D eigenvalue weighted by Gasteiger charge is -2.23. The van der Waals surface area contributed by atoms with E-state index in [1.54, 1.807) is 30.3 Å². The van der Waals surface area contributed by atoms with Crippen molar-refractivity contribution < 1.29 is 49.2 Å². The maximum Gasteiger partial charge on any atom is 0.439 e. The standard InChI is InChI=1S/C17H14F6N2O6S/c1-32(28,29)24-11-7-14(31-17(22,23)15(18)16(19,20)21)12(25(26)27)8-13(11)30-9-10-5-3-2-4-6-10/h2-8,15,24H,9H2,1H3. The van der Waals surface area contributed by atoms with Crippen LogP contribution in [0.15, 0.2) is 42.5 Å². The zero-order valence-corrected chi connectivity index (χ0v) is 16.7. The van der Waals surface area contributed by atoms with Crippen molar-refractivity contribution >= 4 is 21.4 Å². The molecule has 2 aromatic rings. The molecule has 0 amide bonds. The summed E-state index contributed by atoms with van der Waals surface area (Å²) >= 11 is 0. The normalized spacial score (nSPS) is 13.3. The molecule has 2 rings (SSSR count). The van der Waals surface area contributed by atoms with Crippen molar-refractivity contribution in [3.8, 4) is 11.5 Å². The number of nitro benzene ring substituents is 1. The molecule has 0 heterocycles. The van der Waals surface area contributed by atoms with Gasteiger partial charge in [0, 0.05) is 6.07 Å². The smallest absolute Gasteiger partial charge is 0.439 e. The Morgan fingerprint density at radius 2 is 1.69 bits per heavy atom. The summed E-state index contributed by atoms with van der Waals surface area (Å²) in [6.45, 7) is -0.243. The molecule has 2 aromatic carbocycles. The molecule has 8 nitrogen and oxygen atoms in total. The fourth-order valence-electron chi connectivity index (χ4n) is 2.30. The summed E-state index contributed by atoms with van der Waals surface area (Å²) in [4.78, 5) is 9.97. The minimum absolute atomic E-state index is 0.243. The lowest BCUT2D eigenvalue weighted by atomic mass is 10.2. The summed E-state index contributed by atoms with van der Waals surface area (Å²) in [7, 11) is -4.11. The number of ether oxygens (including phenoxy) is 2. The Hall–Kier alpha value is -3.23. The highest BCUT2D eigenvalue weighted by atomic mass is 32.2. The Balaban J connectivity index is 2.52. The average molecular weight is 488 g/mol. The molecular formula is C17H14F6N2O6S. The fraction of sp³-hybridized carbons (Fsp3) is 0.294. The number of benzene rings is 2. The van der Waals surface area contributed by atoms with Crippen LogP contribution in [0.1, 0.15) is 5.56 Å². The van der Waals surface area contributed by atoms with Crippen LogP contribution >= 0.6 is 0 Å². The van der Waals surface area contributed by atoms with Crippen molar-refractivity contribution in [2.45, 2.75) is 25.1 Å². The molecule has 0 fully saturated rings. The van der Waals surface area contributed by atoms with E-state index in [0.29, 0.717) is 24.0 Å². The Morgan fingerprint density at radius 3 is 2.19 bits per heavy atom. The van der Waals surface area contributed by atoms with Crippen LogP contribution in [0.4, 0.5) is 37.7 Å². The number of halogens is 6. The Morgan fingerprint density at radius 1 is 1.09 bits per heavy atom. The largest absolute Gasteiger partial charge is 0.486 e. The number of nitro groups is 1. The van der Waals surface area contributed by atoms with Gasteiger partial charge in [0.05, 0.1) is 22.9 Å². The molecule has 0 saturated carbocycles. The monoisotopic (exact) mass is 488 g/mol. The van der Waals surface area contributed by atoms with Gasteiger partial charge in [-0.25, -0.2) is 12.8 Å². The van der Waals surface area contributed by atoms with Crippen LogP contribution in [-0.4, -0.2) is 38.1 Å². The van der Waals surface area contributed by atoms with Gasteiger partial charge in [-0.3, -0.25) is 14.8 Å². The summed E-state index contributed by atoms with van der Waals surface area (Å²) in [5, 5.41) is 11.3. The number of sulfonamides is 1. The van der Waals surface area contributed by atoms with E-state index in [4.69, 9.17) is 4.74 Å². The van der Waals surface area contributed by atoms with Crippen LogP contribution in [0.25, 0.3) is 0 Å². The van der Waals surface area contributed by atoms with E-state index >= 15 is 0 Å². The zero-order chi connectivity index (χ0) is 24.3. The van der Waals surface area contributed by atoms with Crippen LogP contribution in [-0.2, 0) is 16.6 Å². The summed E-state index contributed by atoms with van der Waals surface area (Å²) < 4.78 is 112. The average Bonchev–Trinajstić information content (AvgIpc) is 2.65. The molecule has 1 atom stereocenters. The molecule has 176 valence electrons. The third-order valence-electron chi connectivity index (χ3n) is 3.62. The lowest BCUT2D eigenvalue weighted by Crippen LogP contribution is -2.45. The second-order valence-corrected chi connectivity index (χ2v) is 8.04. The number of nitrogens with zero attached hydrogens (tertiary/aromatic N) is 1. The summed E-state index contributed by atoms with van der Waals surface area (Å²) in [6, 6.07) is 8.88. The number of hydrogen-bond donors (Lipinski definition) is 1. The molecule has 0 aliphatic carbocycles. The highest BCUT2D eigenvalue weighted by Crippen LogP contribution is 2.43. The van der Waals surface area contributed by atoms with Gasteiger partial charge in [-0.15, -0.1) is 0 Å². The van der Waals surface area contributed by atoms with Crippen LogP contribution in [0.3, 0.4) is 0 Å². The van der Waals surface area contributed by atoms with Crippen LogP contribution in [0.5, 0.6) is 11.5 Å². The molecule has 0 aromatic heterocycles. The molecule has 32 heavy (non-hydrogen) atoms. The summed E-state index contributed by atoms with van der Waals surface area (Å²) in [5.74, 6) is -2.04. The highest BCUT2D eigenvalue weighted by molar-refractivity contribution is 7.92. The van der Waals surface area contributed by atoms with Crippen molar-refractivity contribution in [2.24, 2.45) is 0 Å². The molecule has 0 aliphatic rings. The maximum atomic E-state index is 13.7. The number of rotatable bonds is 9. The van der Waals surface area contributed by atoms with E-state index in [0.717, 1.165) is 0 Å². The number of nitrogens with one attached hydrogen (secondary N) is 1. The van der Waals surface area contributed by atoms with E-state index in [-0.39, 0.29) is 6.61 Å². The van der Waals surface area contributed by atoms with Gasteiger partial charge in [0.25, 0.3) is 6.17 Å². The first-order valence-corrected chi connectivity index (χ1v) is 10.2. The van der Waals surface area contributed by atoms with E-state index in [9.17, 15) is 44.9 Å². The molecule has 0 spiro atoms. The topological polar surface area (TPSA) is 108 Å². The Kier molecular flexibility index (Phi) is 7.12. The van der Waals surface area contributed by atoms with Gasteiger partial charge in [-0.2, -0.15) is 22.0 Å².